The highest BCUT2D eigenvalue weighted by Crippen LogP contribution is 2.37. The Bertz CT molecular complexity index is 989. The summed E-state index contributed by atoms with van der Waals surface area (Å²) in [5.74, 6) is -0.927. The lowest BCUT2D eigenvalue weighted by Gasteiger charge is -2.29. The molecular formula is C20H18N2O7. The first-order valence-electron chi connectivity index (χ1n) is 9.18. The van der Waals surface area contributed by atoms with Crippen molar-refractivity contribution in [2.24, 2.45) is 0 Å². The zero-order valence-electron chi connectivity index (χ0n) is 15.5. The summed E-state index contributed by atoms with van der Waals surface area (Å²) < 4.78 is 15.8. The average Bonchev–Trinajstić information content (AvgIpc) is 2.75. The Balaban J connectivity index is 1.50. The second-order valence-corrected chi connectivity index (χ2v) is 6.62. The van der Waals surface area contributed by atoms with Crippen molar-refractivity contribution in [1.82, 2.24) is 0 Å². The van der Waals surface area contributed by atoms with E-state index in [0.717, 1.165) is 30.2 Å². The minimum absolute atomic E-state index is 0.195. The average molecular weight is 398 g/mol. The van der Waals surface area contributed by atoms with E-state index in [4.69, 9.17) is 14.2 Å². The van der Waals surface area contributed by atoms with Crippen LogP contribution in [0.15, 0.2) is 36.4 Å². The smallest absolute Gasteiger partial charge is 0.345 e. The molecular weight excluding hydrogens is 380 g/mol. The van der Waals surface area contributed by atoms with Gasteiger partial charge in [-0.2, -0.15) is 0 Å². The second-order valence-electron chi connectivity index (χ2n) is 6.62. The molecule has 0 aliphatic carbocycles. The standard InChI is InChI=1S/C20H18N2O7/c23-19(21-7-3-5-13-4-1-2-6-15(13)21)12-29-20(24)14-10-17-18(28-9-8-27-17)11-16(14)22(25)26/h1-2,4,6,10-11H,3,5,7-9,12H2. The molecule has 2 aromatic carbocycles. The van der Waals surface area contributed by atoms with Crippen molar-refractivity contribution < 1.29 is 28.7 Å². The molecule has 0 unspecified atom stereocenters. The van der Waals surface area contributed by atoms with Crippen molar-refractivity contribution in [3.63, 3.8) is 0 Å². The van der Waals surface area contributed by atoms with E-state index in [1.54, 1.807) is 4.90 Å². The van der Waals surface area contributed by atoms with Gasteiger partial charge in [-0.3, -0.25) is 14.9 Å². The number of fused-ring (bicyclic) bond motifs is 2. The van der Waals surface area contributed by atoms with Crippen LogP contribution in [-0.2, 0) is 16.0 Å². The number of para-hydroxylation sites is 1. The third kappa shape index (κ3) is 3.71. The molecule has 2 heterocycles. The molecule has 0 radical (unpaired) electrons. The van der Waals surface area contributed by atoms with E-state index < -0.39 is 23.2 Å². The zero-order chi connectivity index (χ0) is 20.4. The molecule has 0 fully saturated rings. The van der Waals surface area contributed by atoms with Gasteiger partial charge in [0, 0.05) is 18.3 Å². The summed E-state index contributed by atoms with van der Waals surface area (Å²) in [5.41, 5.74) is 1.10. The summed E-state index contributed by atoms with van der Waals surface area (Å²) in [6.07, 6.45) is 1.69. The summed E-state index contributed by atoms with van der Waals surface area (Å²) in [7, 11) is 0. The van der Waals surface area contributed by atoms with Crippen molar-refractivity contribution in [2.75, 3.05) is 31.3 Å². The van der Waals surface area contributed by atoms with Gasteiger partial charge in [0.2, 0.25) is 0 Å². The lowest BCUT2D eigenvalue weighted by molar-refractivity contribution is -0.385. The van der Waals surface area contributed by atoms with E-state index in [0.29, 0.717) is 6.54 Å². The first kappa shape index (κ1) is 18.7. The van der Waals surface area contributed by atoms with Crippen LogP contribution in [0.4, 0.5) is 11.4 Å². The summed E-state index contributed by atoms with van der Waals surface area (Å²) in [4.78, 5) is 37.4. The van der Waals surface area contributed by atoms with Gasteiger partial charge in [-0.05, 0) is 24.5 Å². The first-order chi connectivity index (χ1) is 14.0. The number of nitro benzene ring substituents is 1. The molecule has 9 heteroatoms. The minimum Gasteiger partial charge on any atom is -0.486 e. The molecule has 4 rings (SSSR count). The highest BCUT2D eigenvalue weighted by atomic mass is 16.6. The highest BCUT2D eigenvalue weighted by Gasteiger charge is 2.29. The topological polar surface area (TPSA) is 108 Å². The minimum atomic E-state index is -0.965. The maximum atomic E-state index is 12.6. The number of nitrogens with zero attached hydrogens (tertiary/aromatic N) is 2. The van der Waals surface area contributed by atoms with E-state index in [1.165, 1.54) is 6.07 Å². The predicted octanol–water partition coefficient (Wildman–Crippen LogP) is 2.50. The zero-order valence-corrected chi connectivity index (χ0v) is 15.5. The molecule has 29 heavy (non-hydrogen) atoms. The van der Waals surface area contributed by atoms with Crippen LogP contribution < -0.4 is 14.4 Å². The van der Waals surface area contributed by atoms with Crippen LogP contribution >= 0.6 is 0 Å². The lowest BCUT2D eigenvalue weighted by atomic mass is 10.0. The maximum Gasteiger partial charge on any atom is 0.345 e. The molecule has 0 saturated carbocycles. The molecule has 2 aliphatic heterocycles. The van der Waals surface area contributed by atoms with E-state index in [2.05, 4.69) is 0 Å². The van der Waals surface area contributed by atoms with Crippen LogP contribution in [0.3, 0.4) is 0 Å². The molecule has 0 N–H and O–H groups in total. The number of carbonyl (C=O) groups excluding carboxylic acids is 2. The molecule has 0 bridgehead atoms. The fourth-order valence-corrected chi connectivity index (χ4v) is 3.47. The quantitative estimate of drug-likeness (QED) is 0.442. The predicted molar refractivity (Wildman–Crippen MR) is 101 cm³/mol. The van der Waals surface area contributed by atoms with Crippen LogP contribution in [0.2, 0.25) is 0 Å². The first-order valence-corrected chi connectivity index (χ1v) is 9.18. The normalized spacial score (nSPS) is 14.7. The summed E-state index contributed by atoms with van der Waals surface area (Å²) in [5, 5.41) is 11.4. The van der Waals surface area contributed by atoms with E-state index >= 15 is 0 Å². The largest absolute Gasteiger partial charge is 0.486 e. The Morgan fingerprint density at radius 2 is 1.86 bits per heavy atom. The third-order valence-corrected chi connectivity index (χ3v) is 4.82. The third-order valence-electron chi connectivity index (χ3n) is 4.82. The number of carbonyl (C=O) groups is 2. The number of amides is 1. The molecule has 0 atom stereocenters. The SMILES string of the molecule is O=C(OCC(=O)N1CCCc2ccccc21)c1cc2c(cc1[N+](=O)[O-])OCCO2. The lowest BCUT2D eigenvalue weighted by Crippen LogP contribution is -2.38. The van der Waals surface area contributed by atoms with Gasteiger partial charge in [0.1, 0.15) is 18.8 Å². The number of hydrogen-bond donors (Lipinski definition) is 0. The molecule has 2 aromatic rings. The molecule has 2 aliphatic rings. The molecule has 0 aromatic heterocycles. The Morgan fingerprint density at radius 3 is 2.62 bits per heavy atom. The van der Waals surface area contributed by atoms with Crippen LogP contribution in [0, 0.1) is 10.1 Å². The number of esters is 1. The highest BCUT2D eigenvalue weighted by molar-refractivity contribution is 5.99. The summed E-state index contributed by atoms with van der Waals surface area (Å²) in [6.45, 7) is 0.544. The van der Waals surface area contributed by atoms with Gasteiger partial charge >= 0.3 is 5.97 Å². The number of benzene rings is 2. The second kappa shape index (κ2) is 7.78. The van der Waals surface area contributed by atoms with Gasteiger partial charge in [0.05, 0.1) is 11.0 Å². The molecule has 150 valence electrons. The number of hydrogen-bond acceptors (Lipinski definition) is 7. The maximum absolute atomic E-state index is 12.6. The summed E-state index contributed by atoms with van der Waals surface area (Å²) in [6, 6.07) is 9.91. The van der Waals surface area contributed by atoms with Crippen molar-refractivity contribution >= 4 is 23.3 Å². The van der Waals surface area contributed by atoms with Crippen molar-refractivity contribution in [2.45, 2.75) is 12.8 Å². The van der Waals surface area contributed by atoms with Gasteiger partial charge in [0.15, 0.2) is 18.1 Å². The Morgan fingerprint density at radius 1 is 1.14 bits per heavy atom. The van der Waals surface area contributed by atoms with Crippen molar-refractivity contribution in [1.29, 1.82) is 0 Å². The number of rotatable bonds is 4. The number of nitro groups is 1. The van der Waals surface area contributed by atoms with Crippen LogP contribution in [-0.4, -0.2) is 43.2 Å². The molecule has 0 spiro atoms. The van der Waals surface area contributed by atoms with Gasteiger partial charge in [0.25, 0.3) is 11.6 Å². The Kier molecular flexibility index (Phi) is 5.03. The number of ether oxygens (including phenoxy) is 3. The van der Waals surface area contributed by atoms with E-state index in [1.807, 2.05) is 24.3 Å². The number of anilines is 1. The fourth-order valence-electron chi connectivity index (χ4n) is 3.47. The van der Waals surface area contributed by atoms with Gasteiger partial charge in [-0.15, -0.1) is 0 Å². The van der Waals surface area contributed by atoms with Crippen molar-refractivity contribution in [3.8, 4) is 11.5 Å². The van der Waals surface area contributed by atoms with Crippen LogP contribution in [0.25, 0.3) is 0 Å². The molecule has 1 amide bonds. The monoisotopic (exact) mass is 398 g/mol. The van der Waals surface area contributed by atoms with Gasteiger partial charge < -0.3 is 19.1 Å². The van der Waals surface area contributed by atoms with Gasteiger partial charge in [-0.1, -0.05) is 18.2 Å². The molecule has 0 saturated heterocycles. The van der Waals surface area contributed by atoms with Crippen LogP contribution in [0.5, 0.6) is 11.5 Å². The van der Waals surface area contributed by atoms with E-state index in [-0.39, 0.29) is 36.2 Å². The molecule has 9 nitrogen and oxygen atoms in total. The van der Waals surface area contributed by atoms with E-state index in [9.17, 15) is 19.7 Å². The fraction of sp³-hybridized carbons (Fsp3) is 0.300. The number of aryl methyl sites for hydroxylation is 1. The Hall–Kier alpha value is -3.62. The van der Waals surface area contributed by atoms with Crippen LogP contribution in [0.1, 0.15) is 22.3 Å². The Labute approximate surface area is 165 Å². The van der Waals surface area contributed by atoms with Gasteiger partial charge in [-0.25, -0.2) is 4.79 Å². The summed E-state index contributed by atoms with van der Waals surface area (Å²) >= 11 is 0. The van der Waals surface area contributed by atoms with Crippen molar-refractivity contribution in [3.05, 3.63) is 57.6 Å².